The lowest BCUT2D eigenvalue weighted by Gasteiger charge is -2.08. The quantitative estimate of drug-likeness (QED) is 0.693. The number of nitrogen functional groups attached to an aromatic ring is 1. The minimum absolute atomic E-state index is 0.194. The van der Waals surface area contributed by atoms with Gasteiger partial charge in [0.2, 0.25) is 0 Å². The summed E-state index contributed by atoms with van der Waals surface area (Å²) in [6, 6.07) is 3.26. The van der Waals surface area contributed by atoms with Gasteiger partial charge in [0.25, 0.3) is 0 Å². The number of pyridine rings is 1. The van der Waals surface area contributed by atoms with Crippen LogP contribution >= 0.6 is 0 Å². The molecule has 0 spiro atoms. The second kappa shape index (κ2) is 2.94. The third-order valence-corrected chi connectivity index (χ3v) is 2.59. The molecule has 2 nitrogen and oxygen atoms in total. The Morgan fingerprint density at radius 3 is 2.71 bits per heavy atom. The summed E-state index contributed by atoms with van der Waals surface area (Å²) in [7, 11) is 0. The van der Waals surface area contributed by atoms with Crippen LogP contribution in [0.4, 0.5) is 10.2 Å². The molecule has 0 bridgehead atoms. The minimum Gasteiger partial charge on any atom is -0.383 e. The van der Waals surface area contributed by atoms with Crippen LogP contribution in [0.25, 0.3) is 10.8 Å². The summed E-state index contributed by atoms with van der Waals surface area (Å²) in [4.78, 5) is 3.99. The van der Waals surface area contributed by atoms with E-state index in [1.807, 2.05) is 6.92 Å². The Bertz CT molecular complexity index is 506. The van der Waals surface area contributed by atoms with Gasteiger partial charge < -0.3 is 5.73 Å². The number of hydrogen-bond donors (Lipinski definition) is 1. The summed E-state index contributed by atoms with van der Waals surface area (Å²) in [5.74, 6) is 0.267. The Morgan fingerprint density at radius 2 is 2.00 bits per heavy atom. The van der Waals surface area contributed by atoms with Crippen LogP contribution in [0.2, 0.25) is 0 Å². The van der Waals surface area contributed by atoms with E-state index in [9.17, 15) is 4.39 Å². The molecule has 0 unspecified atom stereocenters. The molecule has 3 heteroatoms. The highest BCUT2D eigenvalue weighted by Crippen LogP contribution is 2.26. The van der Waals surface area contributed by atoms with Crippen LogP contribution in [-0.4, -0.2) is 4.98 Å². The number of aromatic nitrogens is 1. The predicted octanol–water partition coefficient (Wildman–Crippen LogP) is 2.57. The maximum absolute atomic E-state index is 13.4. The van der Waals surface area contributed by atoms with E-state index in [1.54, 1.807) is 19.2 Å². The Morgan fingerprint density at radius 1 is 1.29 bits per heavy atom. The zero-order valence-electron chi connectivity index (χ0n) is 8.13. The van der Waals surface area contributed by atoms with Gasteiger partial charge in [0.1, 0.15) is 11.6 Å². The Balaban J connectivity index is 2.99. The van der Waals surface area contributed by atoms with Gasteiger partial charge in [-0.2, -0.15) is 0 Å². The Kier molecular flexibility index (Phi) is 1.88. The molecule has 0 radical (unpaired) electrons. The molecule has 0 saturated heterocycles. The van der Waals surface area contributed by atoms with E-state index in [0.29, 0.717) is 11.4 Å². The molecule has 0 aliphatic carbocycles. The third kappa shape index (κ3) is 1.13. The van der Waals surface area contributed by atoms with Crippen molar-refractivity contribution in [1.82, 2.24) is 4.98 Å². The number of fused-ring (bicyclic) bond motifs is 1. The molecule has 72 valence electrons. The summed E-state index contributed by atoms with van der Waals surface area (Å²) in [5, 5.41) is 1.66. The number of anilines is 1. The van der Waals surface area contributed by atoms with Crippen LogP contribution in [0.5, 0.6) is 0 Å². The van der Waals surface area contributed by atoms with Crippen molar-refractivity contribution in [3.63, 3.8) is 0 Å². The molecule has 14 heavy (non-hydrogen) atoms. The van der Waals surface area contributed by atoms with Crippen LogP contribution in [0.3, 0.4) is 0 Å². The van der Waals surface area contributed by atoms with Crippen molar-refractivity contribution in [2.45, 2.75) is 13.8 Å². The van der Waals surface area contributed by atoms with E-state index in [1.165, 1.54) is 6.07 Å². The van der Waals surface area contributed by atoms with E-state index in [-0.39, 0.29) is 5.82 Å². The summed E-state index contributed by atoms with van der Waals surface area (Å²) in [6.07, 6.45) is 1.59. The number of rotatable bonds is 0. The maximum atomic E-state index is 13.4. The second-order valence-electron chi connectivity index (χ2n) is 3.40. The van der Waals surface area contributed by atoms with Crippen molar-refractivity contribution in [3.05, 3.63) is 35.3 Å². The van der Waals surface area contributed by atoms with Gasteiger partial charge in [-0.05, 0) is 42.5 Å². The summed E-state index contributed by atoms with van der Waals surface area (Å²) >= 11 is 0. The van der Waals surface area contributed by atoms with Gasteiger partial charge in [-0.1, -0.05) is 0 Å². The van der Waals surface area contributed by atoms with Crippen LogP contribution < -0.4 is 5.73 Å². The van der Waals surface area contributed by atoms with Crippen LogP contribution in [0.15, 0.2) is 18.3 Å². The monoisotopic (exact) mass is 190 g/mol. The minimum atomic E-state index is -0.194. The van der Waals surface area contributed by atoms with E-state index in [2.05, 4.69) is 4.98 Å². The Labute approximate surface area is 81.6 Å². The molecule has 1 aromatic heterocycles. The van der Waals surface area contributed by atoms with Crippen LogP contribution in [0.1, 0.15) is 11.1 Å². The van der Waals surface area contributed by atoms with Crippen molar-refractivity contribution >= 4 is 16.6 Å². The highest BCUT2D eigenvalue weighted by Gasteiger charge is 2.08. The largest absolute Gasteiger partial charge is 0.383 e. The molecule has 2 rings (SSSR count). The predicted molar refractivity (Wildman–Crippen MR) is 55.6 cm³/mol. The normalized spacial score (nSPS) is 10.8. The third-order valence-electron chi connectivity index (χ3n) is 2.59. The number of halogens is 1. The molecule has 1 aromatic carbocycles. The van der Waals surface area contributed by atoms with Crippen molar-refractivity contribution in [3.8, 4) is 0 Å². The van der Waals surface area contributed by atoms with Gasteiger partial charge in [0.15, 0.2) is 0 Å². The fourth-order valence-electron chi connectivity index (χ4n) is 1.63. The Hall–Kier alpha value is -1.64. The molecule has 0 atom stereocenters. The summed E-state index contributed by atoms with van der Waals surface area (Å²) in [5.41, 5.74) is 7.25. The first-order valence-corrected chi connectivity index (χ1v) is 4.41. The van der Waals surface area contributed by atoms with Gasteiger partial charge in [0, 0.05) is 11.6 Å². The zero-order valence-corrected chi connectivity index (χ0v) is 8.13. The average molecular weight is 190 g/mol. The molecule has 0 fully saturated rings. The van der Waals surface area contributed by atoms with E-state index < -0.39 is 0 Å². The first kappa shape index (κ1) is 8.94. The van der Waals surface area contributed by atoms with E-state index >= 15 is 0 Å². The second-order valence-corrected chi connectivity index (χ2v) is 3.40. The smallest absolute Gasteiger partial charge is 0.131 e. The number of benzene rings is 1. The topological polar surface area (TPSA) is 38.9 Å². The van der Waals surface area contributed by atoms with Crippen molar-refractivity contribution in [2.24, 2.45) is 0 Å². The van der Waals surface area contributed by atoms with E-state index in [0.717, 1.165) is 16.3 Å². The standard InChI is InChI=1S/C11H11FN2/c1-6-7(2)10-8(5-9(6)12)3-4-14-11(10)13/h3-5H,1-2H3,(H2,13,14). The fourth-order valence-corrected chi connectivity index (χ4v) is 1.63. The molecule has 1 heterocycles. The summed E-state index contributed by atoms with van der Waals surface area (Å²) in [6.45, 7) is 3.61. The number of nitrogens with two attached hydrogens (primary N) is 1. The van der Waals surface area contributed by atoms with Crippen LogP contribution in [-0.2, 0) is 0 Å². The average Bonchev–Trinajstić information content (AvgIpc) is 2.14. The SMILES string of the molecule is Cc1c(F)cc2ccnc(N)c2c1C. The van der Waals surface area contributed by atoms with Crippen LogP contribution in [0, 0.1) is 19.7 Å². The lowest BCUT2D eigenvalue weighted by Crippen LogP contribution is -1.96. The fraction of sp³-hybridized carbons (Fsp3) is 0.182. The van der Waals surface area contributed by atoms with Crippen molar-refractivity contribution < 1.29 is 4.39 Å². The number of hydrogen-bond acceptors (Lipinski definition) is 2. The van der Waals surface area contributed by atoms with Crippen molar-refractivity contribution in [1.29, 1.82) is 0 Å². The molecule has 0 amide bonds. The van der Waals surface area contributed by atoms with Gasteiger partial charge in [0.05, 0.1) is 0 Å². The van der Waals surface area contributed by atoms with Crippen molar-refractivity contribution in [2.75, 3.05) is 5.73 Å². The molecule has 2 N–H and O–H groups in total. The first-order valence-electron chi connectivity index (χ1n) is 4.41. The molecule has 0 aliphatic heterocycles. The lowest BCUT2D eigenvalue weighted by atomic mass is 10.0. The highest BCUT2D eigenvalue weighted by molar-refractivity contribution is 5.94. The first-order chi connectivity index (χ1) is 6.61. The molecular weight excluding hydrogens is 179 g/mol. The lowest BCUT2D eigenvalue weighted by molar-refractivity contribution is 0.619. The van der Waals surface area contributed by atoms with Gasteiger partial charge in [-0.25, -0.2) is 9.37 Å². The molecule has 0 aliphatic rings. The molecule has 0 saturated carbocycles. The zero-order chi connectivity index (χ0) is 10.3. The van der Waals surface area contributed by atoms with Gasteiger partial charge >= 0.3 is 0 Å². The number of aryl methyl sites for hydroxylation is 1. The van der Waals surface area contributed by atoms with Gasteiger partial charge in [-0.3, -0.25) is 0 Å². The highest BCUT2D eigenvalue weighted by atomic mass is 19.1. The summed E-state index contributed by atoms with van der Waals surface area (Å²) < 4.78 is 13.4. The maximum Gasteiger partial charge on any atom is 0.131 e. The van der Waals surface area contributed by atoms with E-state index in [4.69, 9.17) is 5.73 Å². The number of nitrogens with zero attached hydrogens (tertiary/aromatic N) is 1. The molecule has 2 aromatic rings. The van der Waals surface area contributed by atoms with Gasteiger partial charge in [-0.15, -0.1) is 0 Å². The molecular formula is C11H11FN2.